The Bertz CT molecular complexity index is 704. The molecular weight excluding hydrogens is 360 g/mol. The van der Waals surface area contributed by atoms with Crippen molar-refractivity contribution >= 4 is 23.4 Å². The summed E-state index contributed by atoms with van der Waals surface area (Å²) >= 11 is 5.68. The van der Waals surface area contributed by atoms with Crippen LogP contribution in [0.2, 0.25) is 0 Å². The summed E-state index contributed by atoms with van der Waals surface area (Å²) in [7, 11) is 0. The zero-order chi connectivity index (χ0) is 19.1. The number of nitrogens with zero attached hydrogens (tertiary/aromatic N) is 2. The molecule has 0 spiro atoms. The summed E-state index contributed by atoms with van der Waals surface area (Å²) in [6.45, 7) is 2.32. The number of hydrogen-bond donors (Lipinski definition) is 0. The van der Waals surface area contributed by atoms with Gasteiger partial charge in [0.15, 0.2) is 0 Å². The minimum absolute atomic E-state index is 0.0975. The first-order chi connectivity index (χ1) is 13.2. The van der Waals surface area contributed by atoms with Gasteiger partial charge < -0.3 is 9.80 Å². The van der Waals surface area contributed by atoms with Crippen LogP contribution < -0.4 is 0 Å². The Morgan fingerprint density at radius 3 is 1.78 bits per heavy atom. The lowest BCUT2D eigenvalue weighted by Crippen LogP contribution is -2.51. The number of carbonyl (C=O) groups is 2. The van der Waals surface area contributed by atoms with E-state index >= 15 is 0 Å². The van der Waals surface area contributed by atoms with Gasteiger partial charge in [-0.25, -0.2) is 0 Å². The molecule has 3 rings (SSSR count). The highest BCUT2D eigenvalue weighted by atomic mass is 35.5. The Labute approximate surface area is 165 Å². The monoisotopic (exact) mass is 384 g/mol. The third-order valence-electron chi connectivity index (χ3n) is 4.98. The molecule has 2 amide bonds. The number of piperazine rings is 1. The van der Waals surface area contributed by atoms with Gasteiger partial charge in [0, 0.05) is 38.5 Å². The van der Waals surface area contributed by atoms with Crippen LogP contribution in [0.3, 0.4) is 0 Å². The van der Waals surface area contributed by atoms with Crippen molar-refractivity contribution < 1.29 is 9.59 Å². The predicted octanol–water partition coefficient (Wildman–Crippen LogP) is 3.51. The van der Waals surface area contributed by atoms with E-state index in [-0.39, 0.29) is 17.7 Å². The van der Waals surface area contributed by atoms with E-state index in [1.165, 1.54) is 0 Å². The zero-order valence-electron chi connectivity index (χ0n) is 15.4. The molecule has 1 fully saturated rings. The lowest BCUT2D eigenvalue weighted by molar-refractivity contribution is -0.139. The fourth-order valence-electron chi connectivity index (χ4n) is 3.50. The number of amides is 2. The van der Waals surface area contributed by atoms with E-state index in [4.69, 9.17) is 11.6 Å². The van der Waals surface area contributed by atoms with Gasteiger partial charge in [-0.2, -0.15) is 0 Å². The molecule has 0 N–H and O–H groups in total. The first kappa shape index (κ1) is 19.4. The van der Waals surface area contributed by atoms with E-state index in [0.717, 1.165) is 11.1 Å². The van der Waals surface area contributed by atoms with Crippen molar-refractivity contribution in [2.45, 2.75) is 18.8 Å². The van der Waals surface area contributed by atoms with Crippen LogP contribution in [0.1, 0.15) is 29.9 Å². The Balaban J connectivity index is 1.72. The maximum Gasteiger partial charge on any atom is 0.234 e. The summed E-state index contributed by atoms with van der Waals surface area (Å²) in [6.07, 6.45) is 1.18. The topological polar surface area (TPSA) is 40.6 Å². The minimum atomic E-state index is -0.314. The molecule has 1 aliphatic rings. The third-order valence-corrected chi connectivity index (χ3v) is 5.25. The second-order valence-electron chi connectivity index (χ2n) is 6.75. The second-order valence-corrected chi connectivity index (χ2v) is 7.13. The molecule has 0 unspecified atom stereocenters. The highest BCUT2D eigenvalue weighted by molar-refractivity contribution is 6.17. The van der Waals surface area contributed by atoms with Crippen molar-refractivity contribution in [3.8, 4) is 0 Å². The molecule has 5 heteroatoms. The summed E-state index contributed by atoms with van der Waals surface area (Å²) < 4.78 is 0. The van der Waals surface area contributed by atoms with Gasteiger partial charge in [0.2, 0.25) is 11.8 Å². The highest BCUT2D eigenvalue weighted by Crippen LogP contribution is 2.27. The summed E-state index contributed by atoms with van der Waals surface area (Å²) in [6, 6.07) is 19.8. The van der Waals surface area contributed by atoms with E-state index in [0.29, 0.717) is 44.9 Å². The molecule has 142 valence electrons. The molecule has 0 aromatic heterocycles. The molecule has 1 aliphatic heterocycles. The van der Waals surface area contributed by atoms with Crippen LogP contribution >= 0.6 is 11.6 Å². The number of hydrogen-bond acceptors (Lipinski definition) is 2. The van der Waals surface area contributed by atoms with Gasteiger partial charge in [-0.1, -0.05) is 60.7 Å². The maximum atomic E-state index is 13.4. The van der Waals surface area contributed by atoms with Crippen molar-refractivity contribution in [1.29, 1.82) is 0 Å². The van der Waals surface area contributed by atoms with Gasteiger partial charge in [-0.3, -0.25) is 9.59 Å². The van der Waals surface area contributed by atoms with Gasteiger partial charge >= 0.3 is 0 Å². The van der Waals surface area contributed by atoms with Crippen LogP contribution in [0.25, 0.3) is 0 Å². The van der Waals surface area contributed by atoms with E-state index in [2.05, 4.69) is 0 Å². The van der Waals surface area contributed by atoms with E-state index < -0.39 is 0 Å². The van der Waals surface area contributed by atoms with Crippen LogP contribution in [0.4, 0.5) is 0 Å². The largest absolute Gasteiger partial charge is 0.339 e. The Morgan fingerprint density at radius 1 is 0.815 bits per heavy atom. The average molecular weight is 385 g/mol. The molecule has 1 heterocycles. The molecule has 4 nitrogen and oxygen atoms in total. The lowest BCUT2D eigenvalue weighted by Gasteiger charge is -2.36. The van der Waals surface area contributed by atoms with Crippen LogP contribution in [0, 0.1) is 0 Å². The predicted molar refractivity (Wildman–Crippen MR) is 108 cm³/mol. The first-order valence-corrected chi connectivity index (χ1v) is 9.96. The van der Waals surface area contributed by atoms with Gasteiger partial charge in [0.1, 0.15) is 0 Å². The molecular formula is C22H25ClN2O2. The lowest BCUT2D eigenvalue weighted by atomic mass is 9.90. The van der Waals surface area contributed by atoms with Gasteiger partial charge in [0.25, 0.3) is 0 Å². The van der Waals surface area contributed by atoms with Crippen LogP contribution in [-0.4, -0.2) is 53.7 Å². The summed E-state index contributed by atoms with van der Waals surface area (Å²) in [5.74, 6) is 0.414. The van der Waals surface area contributed by atoms with Gasteiger partial charge in [0.05, 0.1) is 5.92 Å². The van der Waals surface area contributed by atoms with E-state index in [9.17, 15) is 9.59 Å². The second kappa shape index (κ2) is 9.56. The Hall–Kier alpha value is -2.33. The summed E-state index contributed by atoms with van der Waals surface area (Å²) in [5.41, 5.74) is 1.99. The standard InChI is InChI=1S/C22H25ClN2O2/c23-13-7-12-20(26)24-14-16-25(17-15-24)22(27)21(18-8-3-1-4-9-18)19-10-5-2-6-11-19/h1-6,8-11,21H,7,12-17H2. The fraction of sp³-hybridized carbons (Fsp3) is 0.364. The summed E-state index contributed by atoms with van der Waals surface area (Å²) in [4.78, 5) is 29.3. The molecule has 0 saturated carbocycles. The first-order valence-electron chi connectivity index (χ1n) is 9.43. The number of rotatable bonds is 6. The highest BCUT2D eigenvalue weighted by Gasteiger charge is 2.30. The summed E-state index contributed by atoms with van der Waals surface area (Å²) in [5, 5.41) is 0. The molecule has 2 aromatic carbocycles. The molecule has 1 saturated heterocycles. The van der Waals surface area contributed by atoms with Crippen LogP contribution in [-0.2, 0) is 9.59 Å². The minimum Gasteiger partial charge on any atom is -0.339 e. The molecule has 0 radical (unpaired) electrons. The smallest absolute Gasteiger partial charge is 0.234 e. The quantitative estimate of drug-likeness (QED) is 0.715. The van der Waals surface area contributed by atoms with Gasteiger partial charge in [-0.05, 0) is 17.5 Å². The van der Waals surface area contributed by atoms with Crippen LogP contribution in [0.5, 0.6) is 0 Å². The van der Waals surface area contributed by atoms with E-state index in [1.54, 1.807) is 0 Å². The molecule has 27 heavy (non-hydrogen) atoms. The van der Waals surface area contributed by atoms with Crippen molar-refractivity contribution in [2.24, 2.45) is 0 Å². The van der Waals surface area contributed by atoms with Crippen LogP contribution in [0.15, 0.2) is 60.7 Å². The fourth-order valence-corrected chi connectivity index (χ4v) is 3.64. The average Bonchev–Trinajstić information content (AvgIpc) is 2.74. The third kappa shape index (κ3) is 4.89. The number of carbonyl (C=O) groups excluding carboxylic acids is 2. The van der Waals surface area contributed by atoms with Crippen molar-refractivity contribution in [1.82, 2.24) is 9.80 Å². The zero-order valence-corrected chi connectivity index (χ0v) is 16.1. The molecule has 0 bridgehead atoms. The Morgan fingerprint density at radius 2 is 1.30 bits per heavy atom. The molecule has 0 atom stereocenters. The Kier molecular flexibility index (Phi) is 6.88. The van der Waals surface area contributed by atoms with Crippen molar-refractivity contribution in [2.75, 3.05) is 32.1 Å². The number of halogens is 1. The normalized spacial score (nSPS) is 14.4. The van der Waals surface area contributed by atoms with Crippen molar-refractivity contribution in [3.63, 3.8) is 0 Å². The molecule has 2 aromatic rings. The molecule has 0 aliphatic carbocycles. The van der Waals surface area contributed by atoms with E-state index in [1.807, 2.05) is 70.5 Å². The van der Waals surface area contributed by atoms with Gasteiger partial charge in [-0.15, -0.1) is 11.6 Å². The number of alkyl halides is 1. The maximum absolute atomic E-state index is 13.4. The van der Waals surface area contributed by atoms with Crippen molar-refractivity contribution in [3.05, 3.63) is 71.8 Å². The SMILES string of the molecule is O=C(CCCCl)N1CCN(C(=O)C(c2ccccc2)c2ccccc2)CC1. The number of benzene rings is 2.